The molecule has 2 rings (SSSR count). The average Bonchev–Trinajstić information content (AvgIpc) is 2.33. The summed E-state index contributed by atoms with van der Waals surface area (Å²) in [6.07, 6.45) is 1.83. The standard InChI is InChI=1S/C11H18N2O4/c14-9(15)11(2-6-17-7-3-11)8-13-5-1-4-12-10(13)16/h1-8H2,(H,12,16)(H,14,15). The smallest absolute Gasteiger partial charge is 0.317 e. The number of aliphatic carboxylic acids is 1. The second kappa shape index (κ2) is 4.91. The molecule has 0 spiro atoms. The molecule has 0 unspecified atom stereocenters. The molecule has 2 amide bonds. The van der Waals surface area contributed by atoms with Gasteiger partial charge in [-0.25, -0.2) is 4.79 Å². The van der Waals surface area contributed by atoms with E-state index in [0.29, 0.717) is 39.1 Å². The van der Waals surface area contributed by atoms with Crippen LogP contribution in [0.25, 0.3) is 0 Å². The van der Waals surface area contributed by atoms with Crippen molar-refractivity contribution in [1.82, 2.24) is 10.2 Å². The molecule has 2 heterocycles. The predicted molar refractivity (Wildman–Crippen MR) is 59.7 cm³/mol. The molecule has 6 heteroatoms. The highest BCUT2D eigenvalue weighted by molar-refractivity contribution is 5.78. The maximum Gasteiger partial charge on any atom is 0.317 e. The number of nitrogens with one attached hydrogen (secondary N) is 1. The molecule has 0 radical (unpaired) electrons. The minimum absolute atomic E-state index is 0.150. The summed E-state index contributed by atoms with van der Waals surface area (Å²) in [5.41, 5.74) is -0.826. The van der Waals surface area contributed by atoms with Gasteiger partial charge in [0.25, 0.3) is 0 Å². The van der Waals surface area contributed by atoms with E-state index in [2.05, 4.69) is 5.32 Å². The number of ether oxygens (including phenoxy) is 1. The van der Waals surface area contributed by atoms with Crippen LogP contribution >= 0.6 is 0 Å². The van der Waals surface area contributed by atoms with Crippen molar-refractivity contribution >= 4 is 12.0 Å². The topological polar surface area (TPSA) is 78.9 Å². The first-order valence-corrected chi connectivity index (χ1v) is 5.98. The summed E-state index contributed by atoms with van der Waals surface area (Å²) in [7, 11) is 0. The van der Waals surface area contributed by atoms with Crippen molar-refractivity contribution in [3.8, 4) is 0 Å². The molecule has 2 N–H and O–H groups in total. The van der Waals surface area contributed by atoms with Crippen LogP contribution in [0.5, 0.6) is 0 Å². The fourth-order valence-electron chi connectivity index (χ4n) is 2.40. The van der Waals surface area contributed by atoms with Crippen LogP contribution in [0.4, 0.5) is 4.79 Å². The molecule has 17 heavy (non-hydrogen) atoms. The largest absolute Gasteiger partial charge is 0.481 e. The van der Waals surface area contributed by atoms with E-state index in [9.17, 15) is 14.7 Å². The maximum absolute atomic E-state index is 11.6. The van der Waals surface area contributed by atoms with E-state index in [0.717, 1.165) is 6.42 Å². The molecule has 2 aliphatic rings. The van der Waals surface area contributed by atoms with Crippen LogP contribution < -0.4 is 5.32 Å². The lowest BCUT2D eigenvalue weighted by Crippen LogP contribution is -2.53. The van der Waals surface area contributed by atoms with E-state index < -0.39 is 11.4 Å². The molecule has 2 fully saturated rings. The van der Waals surface area contributed by atoms with Gasteiger partial charge in [0.2, 0.25) is 0 Å². The highest BCUT2D eigenvalue weighted by atomic mass is 16.5. The summed E-state index contributed by atoms with van der Waals surface area (Å²) >= 11 is 0. The van der Waals surface area contributed by atoms with Crippen molar-refractivity contribution in [2.75, 3.05) is 32.8 Å². The Bertz CT molecular complexity index is 313. The zero-order valence-electron chi connectivity index (χ0n) is 9.78. The SMILES string of the molecule is O=C1NCCCN1CC1(C(=O)O)CCOCC1. The second-order valence-electron chi connectivity index (χ2n) is 4.70. The van der Waals surface area contributed by atoms with Crippen LogP contribution in [0.15, 0.2) is 0 Å². The molecular weight excluding hydrogens is 224 g/mol. The lowest BCUT2D eigenvalue weighted by Gasteiger charge is -2.38. The molecule has 0 saturated carbocycles. The van der Waals surface area contributed by atoms with Gasteiger partial charge in [0.15, 0.2) is 0 Å². The Morgan fingerprint density at radius 1 is 1.47 bits per heavy atom. The van der Waals surface area contributed by atoms with Gasteiger partial charge >= 0.3 is 12.0 Å². The Morgan fingerprint density at radius 3 is 2.76 bits per heavy atom. The third-order valence-electron chi connectivity index (χ3n) is 3.57. The zero-order valence-corrected chi connectivity index (χ0v) is 9.78. The van der Waals surface area contributed by atoms with Crippen molar-refractivity contribution in [3.63, 3.8) is 0 Å². The number of carbonyl (C=O) groups excluding carboxylic acids is 1. The predicted octanol–water partition coefficient (Wildman–Crippen LogP) is 0.283. The summed E-state index contributed by atoms with van der Waals surface area (Å²) in [4.78, 5) is 24.7. The molecular formula is C11H18N2O4. The molecule has 0 atom stereocenters. The van der Waals surface area contributed by atoms with Gasteiger partial charge in [-0.2, -0.15) is 0 Å². The van der Waals surface area contributed by atoms with Gasteiger partial charge in [0, 0.05) is 32.8 Å². The van der Waals surface area contributed by atoms with Crippen LogP contribution in [-0.2, 0) is 9.53 Å². The van der Waals surface area contributed by atoms with E-state index in [4.69, 9.17) is 4.74 Å². The number of urea groups is 1. The maximum atomic E-state index is 11.6. The number of rotatable bonds is 3. The molecule has 2 aliphatic heterocycles. The average molecular weight is 242 g/mol. The van der Waals surface area contributed by atoms with E-state index in [1.54, 1.807) is 4.90 Å². The minimum atomic E-state index is -0.826. The molecule has 6 nitrogen and oxygen atoms in total. The van der Waals surface area contributed by atoms with E-state index in [1.807, 2.05) is 0 Å². The summed E-state index contributed by atoms with van der Waals surface area (Å²) in [5, 5.41) is 12.1. The van der Waals surface area contributed by atoms with Crippen molar-refractivity contribution in [2.24, 2.45) is 5.41 Å². The quantitative estimate of drug-likeness (QED) is 0.745. The molecule has 0 aliphatic carbocycles. The molecule has 0 aromatic heterocycles. The van der Waals surface area contributed by atoms with Gasteiger partial charge < -0.3 is 20.1 Å². The number of amides is 2. The molecule has 2 saturated heterocycles. The van der Waals surface area contributed by atoms with Crippen LogP contribution in [0.2, 0.25) is 0 Å². The summed E-state index contributed by atoms with van der Waals surface area (Å²) < 4.78 is 5.21. The third-order valence-corrected chi connectivity index (χ3v) is 3.57. The number of carboxylic acids is 1. The highest BCUT2D eigenvalue weighted by Crippen LogP contribution is 2.32. The van der Waals surface area contributed by atoms with Crippen molar-refractivity contribution in [1.29, 1.82) is 0 Å². The minimum Gasteiger partial charge on any atom is -0.481 e. The van der Waals surface area contributed by atoms with Crippen molar-refractivity contribution in [2.45, 2.75) is 19.3 Å². The van der Waals surface area contributed by atoms with Crippen LogP contribution in [0, 0.1) is 5.41 Å². The lowest BCUT2D eigenvalue weighted by molar-refractivity contribution is -0.156. The fraction of sp³-hybridized carbons (Fsp3) is 0.818. The molecule has 0 aromatic rings. The Balaban J connectivity index is 2.06. The number of nitrogens with zero attached hydrogens (tertiary/aromatic N) is 1. The van der Waals surface area contributed by atoms with E-state index in [1.165, 1.54) is 0 Å². The van der Waals surface area contributed by atoms with Gasteiger partial charge in [0.1, 0.15) is 0 Å². The first kappa shape index (κ1) is 12.2. The Labute approximate surface area is 99.9 Å². The normalized spacial score (nSPS) is 24.2. The van der Waals surface area contributed by atoms with Gasteiger partial charge in [-0.15, -0.1) is 0 Å². The Hall–Kier alpha value is -1.30. The van der Waals surface area contributed by atoms with E-state index >= 15 is 0 Å². The highest BCUT2D eigenvalue weighted by Gasteiger charge is 2.42. The number of carbonyl (C=O) groups is 2. The first-order chi connectivity index (χ1) is 8.14. The summed E-state index contributed by atoms with van der Waals surface area (Å²) in [6, 6.07) is -0.150. The Morgan fingerprint density at radius 2 is 2.18 bits per heavy atom. The van der Waals surface area contributed by atoms with Gasteiger partial charge in [-0.05, 0) is 19.3 Å². The van der Waals surface area contributed by atoms with Crippen LogP contribution in [-0.4, -0.2) is 54.9 Å². The van der Waals surface area contributed by atoms with Gasteiger partial charge in [-0.1, -0.05) is 0 Å². The second-order valence-corrected chi connectivity index (χ2v) is 4.70. The molecule has 96 valence electrons. The lowest BCUT2D eigenvalue weighted by atomic mass is 9.79. The first-order valence-electron chi connectivity index (χ1n) is 5.98. The van der Waals surface area contributed by atoms with E-state index in [-0.39, 0.29) is 12.6 Å². The van der Waals surface area contributed by atoms with Gasteiger partial charge in [0.05, 0.1) is 5.41 Å². The summed E-state index contributed by atoms with van der Waals surface area (Å²) in [6.45, 7) is 2.53. The summed E-state index contributed by atoms with van der Waals surface area (Å²) in [5.74, 6) is -0.820. The fourth-order valence-corrected chi connectivity index (χ4v) is 2.40. The van der Waals surface area contributed by atoms with Gasteiger partial charge in [-0.3, -0.25) is 4.79 Å². The third kappa shape index (κ3) is 2.52. The van der Waals surface area contributed by atoms with Crippen molar-refractivity contribution in [3.05, 3.63) is 0 Å². The molecule has 0 bridgehead atoms. The molecule has 0 aromatic carbocycles. The Kier molecular flexibility index (Phi) is 3.51. The van der Waals surface area contributed by atoms with Crippen LogP contribution in [0.3, 0.4) is 0 Å². The number of hydrogen-bond acceptors (Lipinski definition) is 3. The number of hydrogen-bond donors (Lipinski definition) is 2. The zero-order chi connectivity index (χ0) is 12.3. The number of carboxylic acid groups (broad SMARTS) is 1. The van der Waals surface area contributed by atoms with Crippen molar-refractivity contribution < 1.29 is 19.4 Å². The monoisotopic (exact) mass is 242 g/mol. The van der Waals surface area contributed by atoms with Crippen LogP contribution in [0.1, 0.15) is 19.3 Å².